The van der Waals surface area contributed by atoms with Crippen molar-refractivity contribution in [3.63, 3.8) is 0 Å². The Morgan fingerprint density at radius 1 is 1.40 bits per heavy atom. The van der Waals surface area contributed by atoms with Gasteiger partial charge in [0, 0.05) is 0 Å². The molecule has 1 fully saturated rings. The highest BCUT2D eigenvalue weighted by Crippen LogP contribution is 2.33. The summed E-state index contributed by atoms with van der Waals surface area (Å²) in [6.45, 7) is 7.51. The molecule has 2 atom stereocenters. The standard InChI is InChI=1S/C12H23NO2/c1-8(2)9(3)7-13-11(10-5-6-10)12(14)15-4/h8-11,13H,5-7H2,1-4H3. The van der Waals surface area contributed by atoms with Crippen LogP contribution in [0.25, 0.3) is 0 Å². The minimum Gasteiger partial charge on any atom is -0.468 e. The van der Waals surface area contributed by atoms with E-state index in [1.165, 1.54) is 7.11 Å². The molecule has 0 aromatic carbocycles. The number of hydrogen-bond acceptors (Lipinski definition) is 3. The maximum absolute atomic E-state index is 11.5. The van der Waals surface area contributed by atoms with Gasteiger partial charge in [-0.3, -0.25) is 4.79 Å². The molecule has 3 heteroatoms. The first kappa shape index (κ1) is 12.5. The molecule has 88 valence electrons. The van der Waals surface area contributed by atoms with E-state index in [0.29, 0.717) is 17.8 Å². The molecule has 1 rings (SSSR count). The predicted octanol–water partition coefficient (Wildman–Crippen LogP) is 1.82. The summed E-state index contributed by atoms with van der Waals surface area (Å²) in [6.07, 6.45) is 2.31. The fourth-order valence-electron chi connectivity index (χ4n) is 1.55. The van der Waals surface area contributed by atoms with Gasteiger partial charge in [-0.1, -0.05) is 20.8 Å². The van der Waals surface area contributed by atoms with Crippen molar-refractivity contribution in [2.24, 2.45) is 17.8 Å². The summed E-state index contributed by atoms with van der Waals surface area (Å²) in [6, 6.07) is -0.0730. The van der Waals surface area contributed by atoms with Crippen LogP contribution >= 0.6 is 0 Å². The van der Waals surface area contributed by atoms with E-state index in [1.807, 2.05) is 0 Å². The highest BCUT2D eigenvalue weighted by Gasteiger charge is 2.36. The van der Waals surface area contributed by atoms with Crippen LogP contribution in [0.2, 0.25) is 0 Å². The Balaban J connectivity index is 2.35. The zero-order valence-corrected chi connectivity index (χ0v) is 10.2. The lowest BCUT2D eigenvalue weighted by molar-refractivity contribution is -0.143. The SMILES string of the molecule is COC(=O)C(NCC(C)C(C)C)C1CC1. The first-order chi connectivity index (χ1) is 7.06. The number of carbonyl (C=O) groups is 1. The number of rotatable bonds is 6. The zero-order valence-electron chi connectivity index (χ0n) is 10.2. The van der Waals surface area contributed by atoms with E-state index < -0.39 is 0 Å². The van der Waals surface area contributed by atoms with Gasteiger partial charge in [0.25, 0.3) is 0 Å². The maximum atomic E-state index is 11.5. The van der Waals surface area contributed by atoms with Gasteiger partial charge < -0.3 is 10.1 Å². The molecule has 1 aliphatic carbocycles. The highest BCUT2D eigenvalue weighted by atomic mass is 16.5. The monoisotopic (exact) mass is 213 g/mol. The van der Waals surface area contributed by atoms with Gasteiger partial charge >= 0.3 is 5.97 Å². The van der Waals surface area contributed by atoms with Gasteiger partial charge in [-0.05, 0) is 37.1 Å². The van der Waals surface area contributed by atoms with E-state index in [4.69, 9.17) is 4.74 Å². The second kappa shape index (κ2) is 5.50. The molecule has 1 saturated carbocycles. The Morgan fingerprint density at radius 2 is 2.00 bits per heavy atom. The summed E-state index contributed by atoms with van der Waals surface area (Å²) in [5, 5.41) is 3.34. The van der Waals surface area contributed by atoms with Crippen LogP contribution in [0.15, 0.2) is 0 Å². The van der Waals surface area contributed by atoms with Gasteiger partial charge in [-0.25, -0.2) is 0 Å². The Labute approximate surface area is 92.6 Å². The van der Waals surface area contributed by atoms with Crippen LogP contribution in [0.4, 0.5) is 0 Å². The lowest BCUT2D eigenvalue weighted by Gasteiger charge is -2.21. The van der Waals surface area contributed by atoms with Gasteiger partial charge in [0.15, 0.2) is 0 Å². The Bertz CT molecular complexity index is 212. The number of ether oxygens (including phenoxy) is 1. The van der Waals surface area contributed by atoms with Gasteiger partial charge in [-0.2, -0.15) is 0 Å². The lowest BCUT2D eigenvalue weighted by atomic mass is 9.97. The number of nitrogens with one attached hydrogen (secondary N) is 1. The summed E-state index contributed by atoms with van der Waals surface area (Å²) in [5.41, 5.74) is 0. The third-order valence-electron chi connectivity index (χ3n) is 3.35. The first-order valence-electron chi connectivity index (χ1n) is 5.87. The van der Waals surface area contributed by atoms with Crippen LogP contribution in [0.1, 0.15) is 33.6 Å². The quantitative estimate of drug-likeness (QED) is 0.684. The molecular weight excluding hydrogens is 190 g/mol. The largest absolute Gasteiger partial charge is 0.468 e. The molecule has 3 nitrogen and oxygen atoms in total. The van der Waals surface area contributed by atoms with Crippen LogP contribution < -0.4 is 5.32 Å². The van der Waals surface area contributed by atoms with E-state index in [1.54, 1.807) is 0 Å². The minimum absolute atomic E-state index is 0.0730. The topological polar surface area (TPSA) is 38.3 Å². The molecule has 0 aromatic rings. The average molecular weight is 213 g/mol. The third kappa shape index (κ3) is 3.82. The molecular formula is C12H23NO2. The van der Waals surface area contributed by atoms with Crippen molar-refractivity contribution in [3.8, 4) is 0 Å². The molecule has 2 unspecified atom stereocenters. The van der Waals surface area contributed by atoms with E-state index in [9.17, 15) is 4.79 Å². The van der Waals surface area contributed by atoms with Crippen molar-refractivity contribution < 1.29 is 9.53 Å². The Morgan fingerprint density at radius 3 is 2.40 bits per heavy atom. The summed E-state index contributed by atoms with van der Waals surface area (Å²) in [7, 11) is 1.46. The normalized spacial score (nSPS) is 20.1. The fourth-order valence-corrected chi connectivity index (χ4v) is 1.55. The second-order valence-electron chi connectivity index (χ2n) is 4.97. The molecule has 0 bridgehead atoms. The molecule has 0 aromatic heterocycles. The van der Waals surface area contributed by atoms with Gasteiger partial charge in [0.05, 0.1) is 7.11 Å². The van der Waals surface area contributed by atoms with Crippen LogP contribution in [0.3, 0.4) is 0 Å². The van der Waals surface area contributed by atoms with Crippen LogP contribution in [-0.2, 0) is 9.53 Å². The van der Waals surface area contributed by atoms with Crippen molar-refractivity contribution >= 4 is 5.97 Å². The summed E-state index contributed by atoms with van der Waals surface area (Å²) in [4.78, 5) is 11.5. The lowest BCUT2D eigenvalue weighted by Crippen LogP contribution is -2.42. The van der Waals surface area contributed by atoms with Gasteiger partial charge in [-0.15, -0.1) is 0 Å². The first-order valence-corrected chi connectivity index (χ1v) is 5.87. The summed E-state index contributed by atoms with van der Waals surface area (Å²) in [5.74, 6) is 1.65. The van der Waals surface area contributed by atoms with E-state index in [0.717, 1.165) is 19.4 Å². The molecule has 0 radical (unpaired) electrons. The number of carbonyl (C=O) groups excluding carboxylic acids is 1. The van der Waals surface area contributed by atoms with Crippen LogP contribution in [0, 0.1) is 17.8 Å². The van der Waals surface area contributed by atoms with Crippen LogP contribution in [0.5, 0.6) is 0 Å². The molecule has 0 spiro atoms. The minimum atomic E-state index is -0.103. The van der Waals surface area contributed by atoms with E-state index in [-0.39, 0.29) is 12.0 Å². The van der Waals surface area contributed by atoms with Crippen molar-refractivity contribution in [2.75, 3.05) is 13.7 Å². The molecule has 0 aliphatic heterocycles. The smallest absolute Gasteiger partial charge is 0.323 e. The molecule has 0 amide bonds. The van der Waals surface area contributed by atoms with Crippen molar-refractivity contribution in [1.29, 1.82) is 0 Å². The Hall–Kier alpha value is -0.570. The Kier molecular flexibility index (Phi) is 4.58. The highest BCUT2D eigenvalue weighted by molar-refractivity contribution is 5.76. The number of esters is 1. The molecule has 0 heterocycles. The number of hydrogen-bond donors (Lipinski definition) is 1. The van der Waals surface area contributed by atoms with Crippen LogP contribution in [-0.4, -0.2) is 25.7 Å². The van der Waals surface area contributed by atoms with Crippen molar-refractivity contribution in [1.82, 2.24) is 5.32 Å². The average Bonchev–Trinajstić information content (AvgIpc) is 3.01. The molecule has 1 N–H and O–H groups in total. The zero-order chi connectivity index (χ0) is 11.4. The molecule has 1 aliphatic rings. The summed E-state index contributed by atoms with van der Waals surface area (Å²) >= 11 is 0. The van der Waals surface area contributed by atoms with E-state index >= 15 is 0 Å². The predicted molar refractivity (Wildman–Crippen MR) is 60.5 cm³/mol. The van der Waals surface area contributed by atoms with Crippen molar-refractivity contribution in [3.05, 3.63) is 0 Å². The summed E-state index contributed by atoms with van der Waals surface area (Å²) < 4.78 is 4.80. The van der Waals surface area contributed by atoms with E-state index in [2.05, 4.69) is 26.1 Å². The van der Waals surface area contributed by atoms with Gasteiger partial charge in [0.2, 0.25) is 0 Å². The second-order valence-corrected chi connectivity index (χ2v) is 4.97. The fraction of sp³-hybridized carbons (Fsp3) is 0.917. The third-order valence-corrected chi connectivity index (χ3v) is 3.35. The molecule has 15 heavy (non-hydrogen) atoms. The molecule has 0 saturated heterocycles. The van der Waals surface area contributed by atoms with Gasteiger partial charge in [0.1, 0.15) is 6.04 Å². The maximum Gasteiger partial charge on any atom is 0.323 e. The van der Waals surface area contributed by atoms with Crippen molar-refractivity contribution in [2.45, 2.75) is 39.7 Å². The number of methoxy groups -OCH3 is 1.